The number of benzene rings is 5. The molecule has 48 heavy (non-hydrogen) atoms. The van der Waals surface area contributed by atoms with Gasteiger partial charge in [0, 0.05) is 11.1 Å². The van der Waals surface area contributed by atoms with Gasteiger partial charge in [-0.1, -0.05) is 60.7 Å². The Morgan fingerprint density at radius 1 is 0.417 bits per heavy atom. The van der Waals surface area contributed by atoms with E-state index in [-0.39, 0.29) is 5.41 Å². The fourth-order valence-corrected chi connectivity index (χ4v) is 12.4. The van der Waals surface area contributed by atoms with Crippen LogP contribution in [0.3, 0.4) is 0 Å². The van der Waals surface area contributed by atoms with Gasteiger partial charge in [-0.05, 0) is 0 Å². The van der Waals surface area contributed by atoms with E-state index in [0.29, 0.717) is 46.5 Å². The Morgan fingerprint density at radius 2 is 0.875 bits per heavy atom. The maximum Gasteiger partial charge on any atom is -0.0512 e. The first-order valence-corrected chi connectivity index (χ1v) is 19.6. The van der Waals surface area contributed by atoms with Crippen LogP contribution in [0.5, 0.6) is 0 Å². The van der Waals surface area contributed by atoms with Crippen molar-refractivity contribution in [3.8, 4) is 43.0 Å². The molecule has 1 aliphatic heterocycles. The van der Waals surface area contributed by atoms with Crippen molar-refractivity contribution in [3.05, 3.63) is 178 Å². The van der Waals surface area contributed by atoms with Gasteiger partial charge in [-0.25, -0.2) is 4.98 Å². The first-order chi connectivity index (χ1) is 23.8. The first-order valence-electron chi connectivity index (χ1n) is 15.9. The van der Waals surface area contributed by atoms with E-state index in [1.165, 1.54) is 33.6 Å². The molecule has 0 atom stereocenters. The zero-order chi connectivity index (χ0) is 31.7. The molecule has 0 N–H and O–H groups in total. The Hall–Kier alpha value is -5.09. The van der Waals surface area contributed by atoms with E-state index < -0.39 is 0 Å². The van der Waals surface area contributed by atoms with E-state index >= 15 is 0 Å². The molecule has 6 heteroatoms. The number of fused-ring (bicyclic) bond motifs is 9. The third kappa shape index (κ3) is 4.05. The van der Waals surface area contributed by atoms with Gasteiger partial charge in [-0.3, -0.25) is 0 Å². The van der Waals surface area contributed by atoms with Gasteiger partial charge in [-0.2, -0.15) is 0 Å². The van der Waals surface area contributed by atoms with E-state index in [9.17, 15) is 0 Å². The molecule has 0 saturated carbocycles. The van der Waals surface area contributed by atoms with Crippen molar-refractivity contribution < 1.29 is 0 Å². The summed E-state index contributed by atoms with van der Waals surface area (Å²) in [7, 11) is 0. The van der Waals surface area contributed by atoms with E-state index in [0.717, 1.165) is 22.4 Å². The molecular formula is C42H26N4Se2. The minimum Gasteiger partial charge on any atom is -0.0615 e. The number of hydrogen-bond donors (Lipinski definition) is 0. The molecule has 0 unspecified atom stereocenters. The Kier molecular flexibility index (Phi) is 6.40. The largest absolute Gasteiger partial charge is 0.0615 e. The number of para-hydroxylation sites is 2. The normalized spacial score (nSPS) is 13.5. The maximum atomic E-state index is 5.04. The molecule has 0 saturated heterocycles. The van der Waals surface area contributed by atoms with Crippen molar-refractivity contribution >= 4 is 46.1 Å². The molecule has 0 amide bonds. The molecule has 0 bridgehead atoms. The molecule has 10 rings (SSSR count). The van der Waals surface area contributed by atoms with Crippen LogP contribution in [-0.2, 0) is 5.41 Å². The van der Waals surface area contributed by atoms with Gasteiger partial charge >= 0.3 is 215 Å². The van der Waals surface area contributed by atoms with Crippen LogP contribution < -0.4 is 4.90 Å². The zero-order valence-corrected chi connectivity index (χ0v) is 29.0. The molecular weight excluding hydrogens is 718 g/mol. The second-order valence-corrected chi connectivity index (χ2v) is 15.9. The molecule has 226 valence electrons. The Morgan fingerprint density at radius 3 is 1.42 bits per heavy atom. The second kappa shape index (κ2) is 11.0. The van der Waals surface area contributed by atoms with Crippen LogP contribution in [0.15, 0.2) is 155 Å². The van der Waals surface area contributed by atoms with E-state index in [1.54, 1.807) is 8.87 Å². The standard InChI is InChI=1S/C42H26N4Se2/c1-3-12-27(13-4-1)39-43-40(28-14-5-2-6-15-28)45-41(44-39)29-16-11-17-30(26-29)46-35-20-9-7-18-31(35)42(32-19-8-10-21-36(32)46)33-22-24-47-37(33)38-34(42)23-25-48-38/h1-26H. The quantitative estimate of drug-likeness (QED) is 0.169. The first kappa shape index (κ1) is 28.0. The summed E-state index contributed by atoms with van der Waals surface area (Å²) in [5.41, 5.74) is 11.7. The Balaban J connectivity index is 1.18. The fraction of sp³-hybridized carbons (Fsp3) is 0.0238. The minimum atomic E-state index is -0.293. The third-order valence-corrected chi connectivity index (χ3v) is 14.1. The number of anilines is 3. The van der Waals surface area contributed by atoms with Gasteiger partial charge in [-0.15, -0.1) is 0 Å². The average Bonchev–Trinajstić information content (AvgIpc) is 3.90. The van der Waals surface area contributed by atoms with Crippen LogP contribution in [0.4, 0.5) is 17.1 Å². The number of aromatic nitrogens is 3. The Bertz CT molecular complexity index is 2330. The third-order valence-electron chi connectivity index (χ3n) is 9.50. The van der Waals surface area contributed by atoms with E-state index in [1.807, 2.05) is 60.7 Å². The predicted octanol–water partition coefficient (Wildman–Crippen LogP) is 9.13. The van der Waals surface area contributed by atoms with Crippen molar-refractivity contribution in [1.82, 2.24) is 15.0 Å². The summed E-state index contributed by atoms with van der Waals surface area (Å²) in [6.45, 7) is 0. The van der Waals surface area contributed by atoms with Crippen LogP contribution in [0.2, 0.25) is 0 Å². The SMILES string of the molecule is c1ccc(-c2nc(-c3ccccc3)nc(-c3cccc(N4c5ccccc5C5(c6ccccc64)c4cc[se]c4-c4[se]ccc45)c3)n2)cc1. The molecule has 2 aliphatic rings. The van der Waals surface area contributed by atoms with Gasteiger partial charge in [0.05, 0.1) is 0 Å². The van der Waals surface area contributed by atoms with Crippen molar-refractivity contribution in [2.45, 2.75) is 5.41 Å². The molecule has 5 aromatic carbocycles. The summed E-state index contributed by atoms with van der Waals surface area (Å²) < 4.78 is 3.20. The molecule has 0 fully saturated rings. The zero-order valence-electron chi connectivity index (χ0n) is 25.6. The molecule has 4 nitrogen and oxygen atoms in total. The van der Waals surface area contributed by atoms with Gasteiger partial charge < -0.3 is 0 Å². The molecule has 3 aromatic heterocycles. The summed E-state index contributed by atoms with van der Waals surface area (Å²) in [5.74, 6) is 1.97. The predicted molar refractivity (Wildman–Crippen MR) is 196 cm³/mol. The van der Waals surface area contributed by atoms with Crippen molar-refractivity contribution in [3.63, 3.8) is 0 Å². The number of hydrogen-bond acceptors (Lipinski definition) is 4. The van der Waals surface area contributed by atoms with Crippen molar-refractivity contribution in [1.29, 1.82) is 0 Å². The van der Waals surface area contributed by atoms with Crippen LogP contribution in [-0.4, -0.2) is 44.0 Å². The summed E-state index contributed by atoms with van der Waals surface area (Å²) in [4.78, 5) is 22.3. The van der Waals surface area contributed by atoms with Gasteiger partial charge in [0.2, 0.25) is 0 Å². The molecule has 4 heterocycles. The van der Waals surface area contributed by atoms with Crippen LogP contribution >= 0.6 is 0 Å². The van der Waals surface area contributed by atoms with Gasteiger partial charge in [0.1, 0.15) is 0 Å². The summed E-state index contributed by atoms with van der Waals surface area (Å²) in [6, 6.07) is 51.8. The molecule has 8 aromatic rings. The smallest absolute Gasteiger partial charge is 0.0512 e. The molecule has 0 radical (unpaired) electrons. The van der Waals surface area contributed by atoms with Crippen LogP contribution in [0.25, 0.3) is 43.0 Å². The monoisotopic (exact) mass is 746 g/mol. The summed E-state index contributed by atoms with van der Waals surface area (Å²) >= 11 is 0.759. The number of nitrogens with zero attached hydrogens (tertiary/aromatic N) is 4. The Labute approximate surface area is 290 Å². The summed E-state index contributed by atoms with van der Waals surface area (Å²) in [6.07, 6.45) is 0. The second-order valence-electron chi connectivity index (χ2n) is 12.0. The van der Waals surface area contributed by atoms with Gasteiger partial charge in [0.25, 0.3) is 0 Å². The minimum absolute atomic E-state index is 0.293. The van der Waals surface area contributed by atoms with Crippen LogP contribution in [0, 0.1) is 0 Å². The molecule has 1 aliphatic carbocycles. The van der Waals surface area contributed by atoms with E-state index in [4.69, 9.17) is 15.0 Å². The van der Waals surface area contributed by atoms with Crippen molar-refractivity contribution in [2.24, 2.45) is 0 Å². The maximum absolute atomic E-state index is 5.04. The van der Waals surface area contributed by atoms with Crippen molar-refractivity contribution in [2.75, 3.05) is 4.90 Å². The number of rotatable bonds is 4. The topological polar surface area (TPSA) is 41.9 Å². The molecule has 1 spiro atoms. The fourth-order valence-electron chi connectivity index (χ4n) is 7.53. The van der Waals surface area contributed by atoms with Gasteiger partial charge in [0.15, 0.2) is 0 Å². The van der Waals surface area contributed by atoms with Crippen LogP contribution in [0.1, 0.15) is 22.3 Å². The summed E-state index contributed by atoms with van der Waals surface area (Å²) in [5, 5.41) is 0. The van der Waals surface area contributed by atoms with E-state index in [2.05, 4.69) is 99.7 Å². The average molecular weight is 745 g/mol.